The number of anilines is 2. The molecule has 8 nitrogen and oxygen atoms in total. The summed E-state index contributed by atoms with van der Waals surface area (Å²) >= 11 is 0. The van der Waals surface area contributed by atoms with E-state index in [-0.39, 0.29) is 18.1 Å². The molecule has 8 heteroatoms. The number of nitrogens with one attached hydrogen (secondary N) is 2. The van der Waals surface area contributed by atoms with Crippen LogP contribution in [0.25, 0.3) is 6.08 Å². The van der Waals surface area contributed by atoms with Crippen molar-refractivity contribution in [2.45, 2.75) is 20.8 Å². The van der Waals surface area contributed by atoms with E-state index in [9.17, 15) is 14.9 Å². The number of amides is 2. The van der Waals surface area contributed by atoms with Gasteiger partial charge in [-0.05, 0) is 86.0 Å². The molecule has 0 heterocycles. The second-order valence-corrected chi connectivity index (χ2v) is 8.15. The number of hydrogen-bond donors (Lipinski definition) is 2. The molecule has 0 aliphatic heterocycles. The molecule has 0 saturated carbocycles. The summed E-state index contributed by atoms with van der Waals surface area (Å²) in [7, 11) is 1.47. The summed E-state index contributed by atoms with van der Waals surface area (Å²) in [6.45, 7) is 6.08. The first kappa shape index (κ1) is 26.8. The third-order valence-electron chi connectivity index (χ3n) is 5.31. The van der Waals surface area contributed by atoms with Gasteiger partial charge in [0.05, 0.1) is 13.7 Å². The summed E-state index contributed by atoms with van der Waals surface area (Å²) in [4.78, 5) is 25.0. The fourth-order valence-corrected chi connectivity index (χ4v) is 3.41. The maximum Gasteiger partial charge on any atom is 0.266 e. The summed E-state index contributed by atoms with van der Waals surface area (Å²) in [5.41, 5.74) is 3.73. The van der Waals surface area contributed by atoms with Crippen LogP contribution in [-0.2, 0) is 9.59 Å². The van der Waals surface area contributed by atoms with Crippen LogP contribution in [0.1, 0.15) is 23.6 Å². The highest BCUT2D eigenvalue weighted by atomic mass is 16.5. The van der Waals surface area contributed by atoms with Crippen molar-refractivity contribution in [1.29, 1.82) is 5.26 Å². The molecule has 0 fully saturated rings. The van der Waals surface area contributed by atoms with E-state index in [2.05, 4.69) is 10.6 Å². The number of aryl methyl sites for hydroxylation is 2. The molecule has 2 N–H and O–H groups in total. The van der Waals surface area contributed by atoms with Crippen molar-refractivity contribution in [3.63, 3.8) is 0 Å². The molecule has 0 radical (unpaired) electrons. The Morgan fingerprint density at radius 1 is 0.946 bits per heavy atom. The minimum absolute atomic E-state index is 0.0856. The van der Waals surface area contributed by atoms with Gasteiger partial charge in [0.1, 0.15) is 17.4 Å². The SMILES string of the molecule is CCOc1ccc(NC(=O)/C(C#N)=C/c2ccc(OCC(=O)Nc3cc(C)ccc3C)c(OC)c2)cc1. The Morgan fingerprint density at radius 3 is 2.38 bits per heavy atom. The Hall–Kier alpha value is -4.77. The number of carbonyl (C=O) groups is 2. The van der Waals surface area contributed by atoms with Gasteiger partial charge < -0.3 is 24.8 Å². The van der Waals surface area contributed by atoms with Crippen LogP contribution in [0, 0.1) is 25.2 Å². The molecule has 190 valence electrons. The molecule has 0 spiro atoms. The normalized spacial score (nSPS) is 10.7. The van der Waals surface area contributed by atoms with Crippen LogP contribution in [0.5, 0.6) is 17.2 Å². The van der Waals surface area contributed by atoms with Crippen LogP contribution in [0.4, 0.5) is 11.4 Å². The zero-order valence-corrected chi connectivity index (χ0v) is 21.3. The Labute approximate surface area is 216 Å². The van der Waals surface area contributed by atoms with E-state index in [1.54, 1.807) is 42.5 Å². The molecule has 0 unspecified atom stereocenters. The smallest absolute Gasteiger partial charge is 0.266 e. The largest absolute Gasteiger partial charge is 0.494 e. The van der Waals surface area contributed by atoms with Gasteiger partial charge >= 0.3 is 0 Å². The maximum atomic E-state index is 12.6. The fraction of sp³-hybridized carbons (Fsp3) is 0.207. The maximum absolute atomic E-state index is 12.6. The average molecular weight is 500 g/mol. The van der Waals surface area contributed by atoms with Crippen molar-refractivity contribution >= 4 is 29.3 Å². The molecule has 0 aliphatic rings. The molecule has 0 bridgehead atoms. The van der Waals surface area contributed by atoms with Gasteiger partial charge in [-0.1, -0.05) is 18.2 Å². The molecule has 2 amide bonds. The summed E-state index contributed by atoms with van der Waals surface area (Å²) < 4.78 is 16.4. The van der Waals surface area contributed by atoms with Crippen LogP contribution >= 0.6 is 0 Å². The van der Waals surface area contributed by atoms with Crippen molar-refractivity contribution in [3.8, 4) is 23.3 Å². The minimum Gasteiger partial charge on any atom is -0.494 e. The second-order valence-electron chi connectivity index (χ2n) is 8.15. The van der Waals surface area contributed by atoms with E-state index < -0.39 is 5.91 Å². The lowest BCUT2D eigenvalue weighted by Crippen LogP contribution is -2.20. The van der Waals surface area contributed by atoms with Crippen LogP contribution in [-0.4, -0.2) is 32.1 Å². The number of hydrogen-bond acceptors (Lipinski definition) is 6. The van der Waals surface area contributed by atoms with Crippen molar-refractivity contribution in [3.05, 3.63) is 82.9 Å². The fourth-order valence-electron chi connectivity index (χ4n) is 3.41. The molecular weight excluding hydrogens is 470 g/mol. The molecular formula is C29H29N3O5. The Balaban J connectivity index is 1.66. The first-order valence-corrected chi connectivity index (χ1v) is 11.7. The Kier molecular flexibility index (Phi) is 9.28. The second kappa shape index (κ2) is 12.8. The standard InChI is InChI=1S/C29H29N3O5/c1-5-36-24-11-9-23(10-12-24)31-29(34)22(17-30)15-21-8-13-26(27(16-21)35-4)37-18-28(33)32-25-14-19(2)6-7-20(25)3/h6-16H,5,18H2,1-4H3,(H,31,34)(H,32,33)/b22-15+. The van der Waals surface area contributed by atoms with Crippen LogP contribution in [0.2, 0.25) is 0 Å². The predicted molar refractivity (Wildman–Crippen MR) is 143 cm³/mol. The van der Waals surface area contributed by atoms with Gasteiger partial charge in [0.25, 0.3) is 11.8 Å². The van der Waals surface area contributed by atoms with Crippen molar-refractivity contribution in [1.82, 2.24) is 0 Å². The zero-order chi connectivity index (χ0) is 26.8. The predicted octanol–water partition coefficient (Wildman–Crippen LogP) is 5.27. The number of nitrogens with zero attached hydrogens (tertiary/aromatic N) is 1. The molecule has 37 heavy (non-hydrogen) atoms. The molecule has 3 rings (SSSR count). The van der Waals surface area contributed by atoms with E-state index >= 15 is 0 Å². The number of ether oxygens (including phenoxy) is 3. The molecule has 3 aromatic carbocycles. The zero-order valence-electron chi connectivity index (χ0n) is 21.3. The summed E-state index contributed by atoms with van der Waals surface area (Å²) in [5, 5.41) is 15.1. The van der Waals surface area contributed by atoms with Gasteiger partial charge in [0, 0.05) is 11.4 Å². The minimum atomic E-state index is -0.547. The van der Waals surface area contributed by atoms with Gasteiger partial charge in [-0.3, -0.25) is 9.59 Å². The first-order chi connectivity index (χ1) is 17.8. The molecule has 3 aromatic rings. The third kappa shape index (κ3) is 7.61. The summed E-state index contributed by atoms with van der Waals surface area (Å²) in [6.07, 6.45) is 1.45. The number of methoxy groups -OCH3 is 1. The highest BCUT2D eigenvalue weighted by molar-refractivity contribution is 6.09. The molecule has 0 aliphatic carbocycles. The quantitative estimate of drug-likeness (QED) is 0.290. The number of carbonyl (C=O) groups excluding carboxylic acids is 2. The van der Waals surface area contributed by atoms with Gasteiger partial charge in [0.2, 0.25) is 0 Å². The lowest BCUT2D eigenvalue weighted by Gasteiger charge is -2.13. The van der Waals surface area contributed by atoms with Crippen LogP contribution < -0.4 is 24.8 Å². The van der Waals surface area contributed by atoms with Gasteiger partial charge in [-0.2, -0.15) is 5.26 Å². The summed E-state index contributed by atoms with van der Waals surface area (Å²) in [5.74, 6) is 0.547. The number of benzene rings is 3. The Bertz CT molecular complexity index is 1340. The Morgan fingerprint density at radius 2 is 1.70 bits per heavy atom. The molecule has 0 atom stereocenters. The highest BCUT2D eigenvalue weighted by Crippen LogP contribution is 2.29. The number of rotatable bonds is 10. The third-order valence-corrected chi connectivity index (χ3v) is 5.31. The molecule has 0 aromatic heterocycles. The van der Waals surface area contributed by atoms with Crippen LogP contribution in [0.3, 0.4) is 0 Å². The number of nitriles is 1. The van der Waals surface area contributed by atoms with E-state index in [1.807, 2.05) is 45.0 Å². The lowest BCUT2D eigenvalue weighted by atomic mass is 10.1. The summed E-state index contributed by atoms with van der Waals surface area (Å²) in [6, 6.07) is 19.5. The molecule has 0 saturated heterocycles. The van der Waals surface area contributed by atoms with E-state index in [4.69, 9.17) is 14.2 Å². The van der Waals surface area contributed by atoms with Crippen molar-refractivity contribution in [2.24, 2.45) is 0 Å². The van der Waals surface area contributed by atoms with E-state index in [0.717, 1.165) is 16.8 Å². The lowest BCUT2D eigenvalue weighted by molar-refractivity contribution is -0.118. The monoisotopic (exact) mass is 499 g/mol. The van der Waals surface area contributed by atoms with Gasteiger partial charge in [0.15, 0.2) is 18.1 Å². The van der Waals surface area contributed by atoms with Crippen LogP contribution in [0.15, 0.2) is 66.2 Å². The first-order valence-electron chi connectivity index (χ1n) is 11.7. The van der Waals surface area contributed by atoms with Gasteiger partial charge in [-0.15, -0.1) is 0 Å². The van der Waals surface area contributed by atoms with E-state index in [1.165, 1.54) is 13.2 Å². The van der Waals surface area contributed by atoms with Crippen molar-refractivity contribution < 1.29 is 23.8 Å². The van der Waals surface area contributed by atoms with Gasteiger partial charge in [-0.25, -0.2) is 0 Å². The van der Waals surface area contributed by atoms with Crippen molar-refractivity contribution in [2.75, 3.05) is 31.0 Å². The topological polar surface area (TPSA) is 110 Å². The highest BCUT2D eigenvalue weighted by Gasteiger charge is 2.13. The van der Waals surface area contributed by atoms with E-state index in [0.29, 0.717) is 35.1 Å². The average Bonchev–Trinajstić information content (AvgIpc) is 2.89.